The molecule has 0 spiro atoms. The van der Waals surface area contributed by atoms with Gasteiger partial charge in [-0.15, -0.1) is 0 Å². The summed E-state index contributed by atoms with van der Waals surface area (Å²) in [6.45, 7) is 11.1. The molecule has 0 unspecified atom stereocenters. The van der Waals surface area contributed by atoms with Crippen LogP contribution in [0.15, 0.2) is 24.3 Å². The van der Waals surface area contributed by atoms with Crippen molar-refractivity contribution in [1.29, 1.82) is 0 Å². The molecule has 0 saturated heterocycles. The lowest BCUT2D eigenvalue weighted by molar-refractivity contribution is 0.495. The lowest BCUT2D eigenvalue weighted by atomic mass is 10.0. The third-order valence-electron chi connectivity index (χ3n) is 4.14. The summed E-state index contributed by atoms with van der Waals surface area (Å²) >= 11 is 2.00. The van der Waals surface area contributed by atoms with E-state index in [2.05, 4.69) is 63.5 Å². The van der Waals surface area contributed by atoms with Crippen molar-refractivity contribution in [3.8, 4) is 0 Å². The van der Waals surface area contributed by atoms with Crippen molar-refractivity contribution in [2.45, 2.75) is 57.7 Å². The highest BCUT2D eigenvalue weighted by Gasteiger charge is 2.23. The Kier molecular flexibility index (Phi) is 6.95. The number of benzene rings is 1. The SMILES string of the molecule is CCC(CC)(CNCc1ccc(C(C)C)cc1)SC. The molecule has 0 heterocycles. The van der Waals surface area contributed by atoms with E-state index >= 15 is 0 Å². The monoisotopic (exact) mass is 279 g/mol. The molecular weight excluding hydrogens is 250 g/mol. The maximum absolute atomic E-state index is 3.62. The number of nitrogens with one attached hydrogen (secondary N) is 1. The van der Waals surface area contributed by atoms with Crippen molar-refractivity contribution in [3.05, 3.63) is 35.4 Å². The van der Waals surface area contributed by atoms with E-state index in [1.165, 1.54) is 24.0 Å². The molecule has 1 aromatic rings. The summed E-state index contributed by atoms with van der Waals surface area (Å²) in [6.07, 6.45) is 4.68. The van der Waals surface area contributed by atoms with Crippen LogP contribution in [0, 0.1) is 0 Å². The molecular formula is C17H29NS. The summed E-state index contributed by atoms with van der Waals surface area (Å²) in [6, 6.07) is 9.01. The molecule has 0 aliphatic rings. The van der Waals surface area contributed by atoms with Gasteiger partial charge in [0.25, 0.3) is 0 Å². The maximum atomic E-state index is 3.62. The van der Waals surface area contributed by atoms with Crippen molar-refractivity contribution < 1.29 is 0 Å². The Labute approximate surface area is 123 Å². The van der Waals surface area contributed by atoms with E-state index < -0.39 is 0 Å². The molecule has 0 aromatic heterocycles. The Hall–Kier alpha value is -0.470. The molecule has 19 heavy (non-hydrogen) atoms. The van der Waals surface area contributed by atoms with Crippen LogP contribution in [0.3, 0.4) is 0 Å². The molecule has 0 amide bonds. The highest BCUT2D eigenvalue weighted by Crippen LogP contribution is 2.29. The van der Waals surface area contributed by atoms with Gasteiger partial charge in [-0.1, -0.05) is 52.0 Å². The largest absolute Gasteiger partial charge is 0.311 e. The van der Waals surface area contributed by atoms with Gasteiger partial charge < -0.3 is 5.32 Å². The molecule has 0 atom stereocenters. The first-order valence-electron chi connectivity index (χ1n) is 7.41. The van der Waals surface area contributed by atoms with E-state index in [1.807, 2.05) is 11.8 Å². The Balaban J connectivity index is 2.48. The zero-order valence-electron chi connectivity index (χ0n) is 13.1. The third kappa shape index (κ3) is 4.85. The van der Waals surface area contributed by atoms with Gasteiger partial charge in [0.2, 0.25) is 0 Å². The summed E-state index contributed by atoms with van der Waals surface area (Å²) in [7, 11) is 0. The average Bonchev–Trinajstić information content (AvgIpc) is 2.45. The second-order valence-electron chi connectivity index (χ2n) is 5.59. The maximum Gasteiger partial charge on any atom is 0.0276 e. The minimum absolute atomic E-state index is 0.401. The molecule has 2 heteroatoms. The summed E-state index contributed by atoms with van der Waals surface area (Å²) in [5.74, 6) is 0.617. The van der Waals surface area contributed by atoms with Crippen LogP contribution in [0.5, 0.6) is 0 Å². The predicted molar refractivity (Wildman–Crippen MR) is 89.1 cm³/mol. The van der Waals surface area contributed by atoms with Gasteiger partial charge >= 0.3 is 0 Å². The second-order valence-corrected chi connectivity index (χ2v) is 6.87. The zero-order chi connectivity index (χ0) is 14.3. The fourth-order valence-electron chi connectivity index (χ4n) is 2.32. The van der Waals surface area contributed by atoms with Crippen LogP contribution in [0.25, 0.3) is 0 Å². The van der Waals surface area contributed by atoms with E-state index in [0.717, 1.165) is 13.1 Å². The van der Waals surface area contributed by atoms with Gasteiger partial charge in [-0.05, 0) is 36.1 Å². The van der Waals surface area contributed by atoms with Crippen LogP contribution < -0.4 is 5.32 Å². The lowest BCUT2D eigenvalue weighted by Gasteiger charge is -2.30. The Morgan fingerprint density at radius 3 is 2.11 bits per heavy atom. The quantitative estimate of drug-likeness (QED) is 0.732. The van der Waals surface area contributed by atoms with Gasteiger partial charge in [0.05, 0.1) is 0 Å². The van der Waals surface area contributed by atoms with E-state index in [0.29, 0.717) is 10.7 Å². The van der Waals surface area contributed by atoms with Gasteiger partial charge in [0.15, 0.2) is 0 Å². The minimum atomic E-state index is 0.401. The molecule has 0 fully saturated rings. The first-order valence-corrected chi connectivity index (χ1v) is 8.64. The normalized spacial score (nSPS) is 12.1. The zero-order valence-corrected chi connectivity index (χ0v) is 13.9. The smallest absolute Gasteiger partial charge is 0.0276 e. The Morgan fingerprint density at radius 1 is 1.11 bits per heavy atom. The average molecular weight is 279 g/mol. The number of rotatable bonds is 8. The molecule has 0 saturated carbocycles. The van der Waals surface area contributed by atoms with Crippen LogP contribution >= 0.6 is 11.8 Å². The van der Waals surface area contributed by atoms with E-state index in [-0.39, 0.29) is 0 Å². The van der Waals surface area contributed by atoms with E-state index in [9.17, 15) is 0 Å². The Morgan fingerprint density at radius 2 is 1.68 bits per heavy atom. The van der Waals surface area contributed by atoms with Gasteiger partial charge in [-0.25, -0.2) is 0 Å². The molecule has 0 bridgehead atoms. The molecule has 1 nitrogen and oxygen atoms in total. The summed E-state index contributed by atoms with van der Waals surface area (Å²) < 4.78 is 0.401. The number of thioether (sulfide) groups is 1. The molecule has 0 aliphatic carbocycles. The van der Waals surface area contributed by atoms with Crippen LogP contribution in [0.4, 0.5) is 0 Å². The van der Waals surface area contributed by atoms with Gasteiger partial charge in [-0.3, -0.25) is 0 Å². The number of hydrogen-bond acceptors (Lipinski definition) is 2. The van der Waals surface area contributed by atoms with Crippen molar-refractivity contribution in [2.24, 2.45) is 0 Å². The van der Waals surface area contributed by atoms with Crippen LogP contribution in [0.1, 0.15) is 57.6 Å². The fraction of sp³-hybridized carbons (Fsp3) is 0.647. The molecule has 1 N–H and O–H groups in total. The lowest BCUT2D eigenvalue weighted by Crippen LogP contribution is -2.36. The Bertz CT molecular complexity index is 344. The second kappa shape index (κ2) is 7.96. The van der Waals surface area contributed by atoms with Gasteiger partial charge in [0.1, 0.15) is 0 Å². The fourth-order valence-corrected chi connectivity index (χ4v) is 3.14. The van der Waals surface area contributed by atoms with Crippen molar-refractivity contribution >= 4 is 11.8 Å². The molecule has 108 valence electrons. The molecule has 0 aliphatic heterocycles. The molecule has 0 radical (unpaired) electrons. The van der Waals surface area contributed by atoms with Crippen molar-refractivity contribution in [3.63, 3.8) is 0 Å². The van der Waals surface area contributed by atoms with Crippen molar-refractivity contribution in [1.82, 2.24) is 5.32 Å². The minimum Gasteiger partial charge on any atom is -0.311 e. The van der Waals surface area contributed by atoms with Crippen LogP contribution in [0.2, 0.25) is 0 Å². The van der Waals surface area contributed by atoms with Crippen LogP contribution in [-0.2, 0) is 6.54 Å². The summed E-state index contributed by atoms with van der Waals surface area (Å²) in [5, 5.41) is 3.62. The highest BCUT2D eigenvalue weighted by atomic mass is 32.2. The summed E-state index contributed by atoms with van der Waals surface area (Å²) in [4.78, 5) is 0. The van der Waals surface area contributed by atoms with Gasteiger partial charge in [-0.2, -0.15) is 11.8 Å². The first kappa shape index (κ1) is 16.6. The van der Waals surface area contributed by atoms with E-state index in [4.69, 9.17) is 0 Å². The highest BCUT2D eigenvalue weighted by molar-refractivity contribution is 8.00. The van der Waals surface area contributed by atoms with Crippen LogP contribution in [-0.4, -0.2) is 17.5 Å². The topological polar surface area (TPSA) is 12.0 Å². The predicted octanol–water partition coefficient (Wildman–Crippen LogP) is 4.82. The van der Waals surface area contributed by atoms with Gasteiger partial charge in [0, 0.05) is 17.8 Å². The van der Waals surface area contributed by atoms with Crippen molar-refractivity contribution in [2.75, 3.05) is 12.8 Å². The summed E-state index contributed by atoms with van der Waals surface area (Å²) in [5.41, 5.74) is 2.80. The standard InChI is InChI=1S/C17H29NS/c1-6-17(7-2,19-5)13-18-12-15-8-10-16(11-9-15)14(3)4/h8-11,14,18H,6-7,12-13H2,1-5H3. The van der Waals surface area contributed by atoms with E-state index in [1.54, 1.807) is 0 Å². The molecule has 1 aromatic carbocycles. The number of hydrogen-bond donors (Lipinski definition) is 1. The third-order valence-corrected chi connectivity index (χ3v) is 5.73. The molecule has 1 rings (SSSR count). The first-order chi connectivity index (χ1) is 9.06.